The van der Waals surface area contributed by atoms with Crippen LogP contribution in [0.3, 0.4) is 0 Å². The van der Waals surface area contributed by atoms with Gasteiger partial charge in [-0.2, -0.15) is 0 Å². The van der Waals surface area contributed by atoms with Crippen molar-refractivity contribution in [3.63, 3.8) is 0 Å². The smallest absolute Gasteiger partial charge is 0.150 e. The Kier molecular flexibility index (Phi) is 3.30. The van der Waals surface area contributed by atoms with E-state index in [9.17, 15) is 0 Å². The molecule has 2 bridgehead atoms. The summed E-state index contributed by atoms with van der Waals surface area (Å²) in [5.41, 5.74) is 4.17. The maximum Gasteiger partial charge on any atom is 0.150 e. The zero-order chi connectivity index (χ0) is 14.1. The Balaban J connectivity index is 1.97. The molecule has 3 rings (SSSR count). The van der Waals surface area contributed by atoms with Crippen molar-refractivity contribution in [3.8, 4) is 0 Å². The number of pyridine rings is 1. The Morgan fingerprint density at radius 1 is 1.55 bits per heavy atom. The van der Waals surface area contributed by atoms with Gasteiger partial charge in [0, 0.05) is 24.8 Å². The molecule has 0 amide bonds. The van der Waals surface area contributed by atoms with E-state index in [1.54, 1.807) is 0 Å². The zero-order valence-corrected chi connectivity index (χ0v) is 12.1. The predicted octanol–water partition coefficient (Wildman–Crippen LogP) is 3.09. The molecule has 1 unspecified atom stereocenters. The summed E-state index contributed by atoms with van der Waals surface area (Å²) < 4.78 is 0. The average molecular weight is 268 g/mol. The molecule has 104 valence electrons. The number of anilines is 2. The standard InChI is InChI=1S/C16H20N4/c1-4-12(9-11(2)17-3)14-5-6-15-16(19-14)18-13-7-8-20(15)10-13/h4-6,9,13H,3,7-8,10H2,1-2H3,(H,18,19)/b11-9-,12-4+. The molecule has 0 radical (unpaired) electrons. The Bertz CT molecular complexity index is 600. The largest absolute Gasteiger partial charge is 0.366 e. The summed E-state index contributed by atoms with van der Waals surface area (Å²) >= 11 is 0. The Labute approximate surface area is 119 Å². The fraction of sp³-hybridized carbons (Fsp3) is 0.375. The van der Waals surface area contributed by atoms with Crippen molar-refractivity contribution < 1.29 is 0 Å². The minimum Gasteiger partial charge on any atom is -0.366 e. The van der Waals surface area contributed by atoms with E-state index in [2.05, 4.69) is 40.1 Å². The second-order valence-electron chi connectivity index (χ2n) is 5.33. The van der Waals surface area contributed by atoms with E-state index >= 15 is 0 Å². The molecule has 2 aliphatic heterocycles. The Hall–Kier alpha value is -2.10. The van der Waals surface area contributed by atoms with Crippen LogP contribution in [0.4, 0.5) is 11.5 Å². The minimum atomic E-state index is 0.548. The molecule has 1 N–H and O–H groups in total. The van der Waals surface area contributed by atoms with Gasteiger partial charge in [-0.15, -0.1) is 0 Å². The number of hydrogen-bond donors (Lipinski definition) is 1. The molecule has 1 saturated heterocycles. The normalized spacial score (nSPS) is 21.5. The summed E-state index contributed by atoms with van der Waals surface area (Å²) in [5, 5.41) is 3.54. The highest BCUT2D eigenvalue weighted by Gasteiger charge is 2.30. The molecule has 1 fully saturated rings. The average Bonchev–Trinajstić information content (AvgIpc) is 2.86. The molecule has 4 heteroatoms. The monoisotopic (exact) mass is 268 g/mol. The highest BCUT2D eigenvalue weighted by Crippen LogP contribution is 2.35. The van der Waals surface area contributed by atoms with Crippen molar-refractivity contribution in [2.75, 3.05) is 23.3 Å². The molecule has 1 aromatic rings. The van der Waals surface area contributed by atoms with Crippen molar-refractivity contribution in [1.82, 2.24) is 4.98 Å². The second kappa shape index (κ2) is 5.12. The summed E-state index contributed by atoms with van der Waals surface area (Å²) in [6.45, 7) is 9.74. The number of rotatable bonds is 3. The number of nitrogens with one attached hydrogen (secondary N) is 1. The van der Waals surface area contributed by atoms with Gasteiger partial charge in [-0.05, 0) is 50.8 Å². The van der Waals surface area contributed by atoms with E-state index in [-0.39, 0.29) is 0 Å². The predicted molar refractivity (Wildman–Crippen MR) is 85.4 cm³/mol. The third kappa shape index (κ3) is 2.22. The third-order valence-electron chi connectivity index (χ3n) is 3.96. The fourth-order valence-corrected chi connectivity index (χ4v) is 2.84. The molecule has 20 heavy (non-hydrogen) atoms. The summed E-state index contributed by atoms with van der Waals surface area (Å²) in [6, 6.07) is 4.80. The third-order valence-corrected chi connectivity index (χ3v) is 3.96. The SMILES string of the molecule is C=N/C(C)=C\C(=C/C)c1ccc2c(n1)NC1CCN2C1. The summed E-state index contributed by atoms with van der Waals surface area (Å²) in [5.74, 6) is 1.01. The number of allylic oxidation sites excluding steroid dienone is 4. The number of hydrogen-bond acceptors (Lipinski definition) is 4. The number of fused-ring (bicyclic) bond motifs is 4. The van der Waals surface area contributed by atoms with E-state index in [1.165, 1.54) is 12.1 Å². The van der Waals surface area contributed by atoms with Crippen molar-refractivity contribution in [2.45, 2.75) is 26.3 Å². The first-order valence-electron chi connectivity index (χ1n) is 7.05. The summed E-state index contributed by atoms with van der Waals surface area (Å²) in [4.78, 5) is 11.1. The van der Waals surface area contributed by atoms with E-state index < -0.39 is 0 Å². The van der Waals surface area contributed by atoms with Crippen LogP contribution in [0.25, 0.3) is 5.57 Å². The molecule has 0 spiro atoms. The minimum absolute atomic E-state index is 0.548. The first-order chi connectivity index (χ1) is 9.71. The fourth-order valence-electron chi connectivity index (χ4n) is 2.84. The van der Waals surface area contributed by atoms with Gasteiger partial charge in [-0.1, -0.05) is 6.08 Å². The highest BCUT2D eigenvalue weighted by atomic mass is 15.3. The van der Waals surface area contributed by atoms with Gasteiger partial charge in [0.15, 0.2) is 5.82 Å². The number of nitrogens with zero attached hydrogens (tertiary/aromatic N) is 3. The lowest BCUT2D eigenvalue weighted by molar-refractivity contribution is 0.787. The molecular formula is C16H20N4. The molecule has 1 aromatic heterocycles. The number of aromatic nitrogens is 1. The van der Waals surface area contributed by atoms with Crippen LogP contribution in [0.15, 0.2) is 35.0 Å². The molecule has 0 aliphatic carbocycles. The van der Waals surface area contributed by atoms with E-state index in [0.717, 1.165) is 35.9 Å². The van der Waals surface area contributed by atoms with E-state index in [1.807, 2.05) is 19.9 Å². The van der Waals surface area contributed by atoms with Gasteiger partial charge in [-0.3, -0.25) is 4.99 Å². The lowest BCUT2D eigenvalue weighted by Crippen LogP contribution is -2.32. The Morgan fingerprint density at radius 3 is 3.15 bits per heavy atom. The van der Waals surface area contributed by atoms with Gasteiger partial charge >= 0.3 is 0 Å². The van der Waals surface area contributed by atoms with Crippen LogP contribution in [0.5, 0.6) is 0 Å². The molecular weight excluding hydrogens is 248 g/mol. The molecule has 4 nitrogen and oxygen atoms in total. The van der Waals surface area contributed by atoms with E-state index in [4.69, 9.17) is 4.98 Å². The van der Waals surface area contributed by atoms with Gasteiger partial charge < -0.3 is 10.2 Å². The van der Waals surface area contributed by atoms with Crippen LogP contribution in [0, 0.1) is 0 Å². The van der Waals surface area contributed by atoms with Crippen molar-refractivity contribution in [1.29, 1.82) is 0 Å². The van der Waals surface area contributed by atoms with Gasteiger partial charge in [0.25, 0.3) is 0 Å². The van der Waals surface area contributed by atoms with Crippen LogP contribution in [0.1, 0.15) is 26.0 Å². The van der Waals surface area contributed by atoms with Gasteiger partial charge in [0.1, 0.15) is 0 Å². The van der Waals surface area contributed by atoms with E-state index in [0.29, 0.717) is 6.04 Å². The number of aliphatic imine (C=N–C) groups is 1. The van der Waals surface area contributed by atoms with Crippen LogP contribution < -0.4 is 10.2 Å². The van der Waals surface area contributed by atoms with Crippen molar-refractivity contribution in [3.05, 3.63) is 35.7 Å². The molecule has 3 heterocycles. The first kappa shape index (κ1) is 12.9. The van der Waals surface area contributed by atoms with Gasteiger partial charge in [0.2, 0.25) is 0 Å². The van der Waals surface area contributed by atoms with Crippen LogP contribution >= 0.6 is 0 Å². The van der Waals surface area contributed by atoms with Crippen molar-refractivity contribution >= 4 is 23.8 Å². The lowest BCUT2D eigenvalue weighted by Gasteiger charge is -2.28. The molecule has 0 aromatic carbocycles. The highest BCUT2D eigenvalue weighted by molar-refractivity contribution is 5.77. The maximum absolute atomic E-state index is 4.78. The van der Waals surface area contributed by atoms with Gasteiger partial charge in [0.05, 0.1) is 11.4 Å². The summed E-state index contributed by atoms with van der Waals surface area (Å²) in [7, 11) is 0. The topological polar surface area (TPSA) is 40.5 Å². The summed E-state index contributed by atoms with van der Waals surface area (Å²) in [6.07, 6.45) is 5.27. The zero-order valence-electron chi connectivity index (χ0n) is 12.1. The molecule has 1 atom stereocenters. The first-order valence-corrected chi connectivity index (χ1v) is 7.05. The molecule has 0 saturated carbocycles. The van der Waals surface area contributed by atoms with Crippen molar-refractivity contribution in [2.24, 2.45) is 4.99 Å². The Morgan fingerprint density at radius 2 is 2.40 bits per heavy atom. The lowest BCUT2D eigenvalue weighted by atomic mass is 10.1. The maximum atomic E-state index is 4.78. The second-order valence-corrected chi connectivity index (χ2v) is 5.33. The van der Waals surface area contributed by atoms with Gasteiger partial charge in [-0.25, -0.2) is 4.98 Å². The van der Waals surface area contributed by atoms with Crippen LogP contribution in [-0.4, -0.2) is 30.8 Å². The quantitative estimate of drug-likeness (QED) is 0.676. The van der Waals surface area contributed by atoms with Crippen LogP contribution in [0.2, 0.25) is 0 Å². The molecule has 2 aliphatic rings. The van der Waals surface area contributed by atoms with Crippen LogP contribution in [-0.2, 0) is 0 Å².